The van der Waals surface area contributed by atoms with E-state index in [9.17, 15) is 4.79 Å². The van der Waals surface area contributed by atoms with E-state index in [0.717, 1.165) is 51.7 Å². The van der Waals surface area contributed by atoms with Crippen LogP contribution in [0.4, 0.5) is 0 Å². The van der Waals surface area contributed by atoms with Gasteiger partial charge < -0.3 is 9.47 Å². The number of carbonyl (C=O) groups excluding carboxylic acids is 1. The lowest BCUT2D eigenvalue weighted by Crippen LogP contribution is -2.41. The predicted octanol–water partition coefficient (Wildman–Crippen LogP) is 4.57. The first-order valence-corrected chi connectivity index (χ1v) is 10.3. The number of hydrogen-bond acceptors (Lipinski definition) is 3. The maximum Gasteiger partial charge on any atom is 0.172 e. The lowest BCUT2D eigenvalue weighted by Gasteiger charge is -2.46. The van der Waals surface area contributed by atoms with Crippen molar-refractivity contribution >= 4 is 5.78 Å². The van der Waals surface area contributed by atoms with E-state index in [1.54, 1.807) is 16.7 Å². The topological polar surface area (TPSA) is 35.5 Å². The summed E-state index contributed by atoms with van der Waals surface area (Å²) in [5.74, 6) is 1.70. The fourth-order valence-corrected chi connectivity index (χ4v) is 6.60. The number of hydrogen-bond donors (Lipinski definition) is 0. The van der Waals surface area contributed by atoms with E-state index < -0.39 is 0 Å². The zero-order chi connectivity index (χ0) is 17.2. The van der Waals surface area contributed by atoms with Gasteiger partial charge in [-0.05, 0) is 61.5 Å². The summed E-state index contributed by atoms with van der Waals surface area (Å²) < 4.78 is 11.9. The summed E-state index contributed by atoms with van der Waals surface area (Å²) in [6.45, 7) is 5.92. The molecule has 5 aliphatic rings. The summed E-state index contributed by atoms with van der Waals surface area (Å²) in [5.41, 5.74) is 4.69. The van der Waals surface area contributed by atoms with Crippen molar-refractivity contribution in [1.82, 2.24) is 0 Å². The lowest BCUT2D eigenvalue weighted by molar-refractivity contribution is -0.164. The van der Waals surface area contributed by atoms with Crippen LogP contribution in [0.2, 0.25) is 0 Å². The Bertz CT molecular complexity index is 667. The second kappa shape index (κ2) is 5.53. The van der Waals surface area contributed by atoms with Crippen LogP contribution in [0.5, 0.6) is 0 Å². The van der Waals surface area contributed by atoms with Gasteiger partial charge >= 0.3 is 0 Å². The van der Waals surface area contributed by atoms with Crippen molar-refractivity contribution in [3.8, 4) is 0 Å². The van der Waals surface area contributed by atoms with Crippen molar-refractivity contribution in [2.75, 3.05) is 13.2 Å². The molecule has 0 amide bonds. The summed E-state index contributed by atoms with van der Waals surface area (Å²) in [4.78, 5) is 12.9. The molecule has 0 bridgehead atoms. The first-order valence-electron chi connectivity index (χ1n) is 10.3. The monoisotopic (exact) mass is 342 g/mol. The maximum atomic E-state index is 12.9. The molecule has 0 aromatic rings. The third-order valence-electron chi connectivity index (χ3n) is 8.00. The van der Waals surface area contributed by atoms with Gasteiger partial charge in [-0.25, -0.2) is 0 Å². The minimum atomic E-state index is -0.313. The van der Waals surface area contributed by atoms with Crippen LogP contribution < -0.4 is 0 Å². The number of Topliss-reactive ketones (excluding diaryl/α,β-unsaturated/α-hetero) is 1. The molecular weight excluding hydrogens is 312 g/mol. The van der Waals surface area contributed by atoms with Crippen LogP contribution in [0, 0.1) is 23.2 Å². The van der Waals surface area contributed by atoms with Gasteiger partial charge in [-0.1, -0.05) is 25.5 Å². The number of ether oxygens (including phenoxy) is 2. The molecule has 0 aromatic carbocycles. The molecule has 4 aliphatic carbocycles. The molecular formula is C22H30O3. The Morgan fingerprint density at radius 3 is 2.80 bits per heavy atom. The van der Waals surface area contributed by atoms with Gasteiger partial charge in [-0.3, -0.25) is 4.79 Å². The summed E-state index contributed by atoms with van der Waals surface area (Å²) in [6, 6.07) is 0. The SMILES string of the molecule is CC[C@@H]1C[C@H]2[C@@H]3CCC4=C(CCC5(C4)OCCO5)C3=CC[C@]2(C)C1=O. The Morgan fingerprint density at radius 2 is 2.04 bits per heavy atom. The van der Waals surface area contributed by atoms with E-state index in [2.05, 4.69) is 19.9 Å². The van der Waals surface area contributed by atoms with Crippen molar-refractivity contribution < 1.29 is 14.3 Å². The van der Waals surface area contributed by atoms with Crippen LogP contribution >= 0.6 is 0 Å². The number of carbonyl (C=O) groups is 1. The molecule has 1 saturated carbocycles. The molecule has 2 fully saturated rings. The number of ketones is 1. The van der Waals surface area contributed by atoms with Gasteiger partial charge in [0.25, 0.3) is 0 Å². The molecule has 136 valence electrons. The maximum absolute atomic E-state index is 12.9. The molecule has 0 radical (unpaired) electrons. The second-order valence-electron chi connectivity index (χ2n) is 9.10. The Balaban J connectivity index is 1.47. The predicted molar refractivity (Wildman–Crippen MR) is 95.9 cm³/mol. The van der Waals surface area contributed by atoms with E-state index in [1.807, 2.05) is 0 Å². The molecule has 1 saturated heterocycles. The van der Waals surface area contributed by atoms with Crippen LogP contribution in [0.1, 0.15) is 65.2 Å². The fraction of sp³-hybridized carbons (Fsp3) is 0.773. The van der Waals surface area contributed by atoms with Crippen LogP contribution in [0.25, 0.3) is 0 Å². The van der Waals surface area contributed by atoms with Crippen LogP contribution in [0.3, 0.4) is 0 Å². The molecule has 1 spiro atoms. The first-order chi connectivity index (χ1) is 12.1. The molecule has 0 aromatic heterocycles. The van der Waals surface area contributed by atoms with E-state index >= 15 is 0 Å². The number of allylic oxidation sites excluding steroid dienone is 3. The normalized spacial score (nSPS) is 42.2. The largest absolute Gasteiger partial charge is 0.347 e. The third-order valence-corrected chi connectivity index (χ3v) is 8.00. The Labute approximate surface area is 150 Å². The van der Waals surface area contributed by atoms with Crippen LogP contribution in [-0.4, -0.2) is 24.8 Å². The average molecular weight is 342 g/mol. The minimum absolute atomic E-state index is 0.0968. The van der Waals surface area contributed by atoms with Gasteiger partial charge in [0.15, 0.2) is 5.79 Å². The number of fused-ring (bicyclic) bond motifs is 4. The summed E-state index contributed by atoms with van der Waals surface area (Å²) in [6.07, 6.45) is 11.0. The van der Waals surface area contributed by atoms with Crippen molar-refractivity contribution in [2.45, 2.75) is 71.0 Å². The summed E-state index contributed by atoms with van der Waals surface area (Å²) in [5, 5.41) is 0. The fourth-order valence-electron chi connectivity index (χ4n) is 6.60. The highest BCUT2D eigenvalue weighted by molar-refractivity contribution is 5.90. The quantitative estimate of drug-likeness (QED) is 0.700. The van der Waals surface area contributed by atoms with Crippen molar-refractivity contribution in [1.29, 1.82) is 0 Å². The molecule has 1 heterocycles. The molecule has 0 unspecified atom stereocenters. The van der Waals surface area contributed by atoms with Gasteiger partial charge in [0.2, 0.25) is 0 Å². The molecule has 25 heavy (non-hydrogen) atoms. The van der Waals surface area contributed by atoms with E-state index in [4.69, 9.17) is 9.47 Å². The first kappa shape index (κ1) is 16.3. The smallest absolute Gasteiger partial charge is 0.172 e. The second-order valence-corrected chi connectivity index (χ2v) is 9.10. The molecule has 3 nitrogen and oxygen atoms in total. The highest BCUT2D eigenvalue weighted by Crippen LogP contribution is 2.60. The lowest BCUT2D eigenvalue weighted by atomic mass is 9.58. The van der Waals surface area contributed by atoms with E-state index in [1.165, 1.54) is 12.8 Å². The summed E-state index contributed by atoms with van der Waals surface area (Å²) >= 11 is 0. The van der Waals surface area contributed by atoms with Gasteiger partial charge in [-0.2, -0.15) is 0 Å². The molecule has 3 heteroatoms. The zero-order valence-electron chi connectivity index (χ0n) is 15.6. The highest BCUT2D eigenvalue weighted by atomic mass is 16.7. The Morgan fingerprint density at radius 1 is 1.24 bits per heavy atom. The Hall–Kier alpha value is -0.930. The highest BCUT2D eigenvalue weighted by Gasteiger charge is 2.56. The van der Waals surface area contributed by atoms with Crippen molar-refractivity contribution in [3.05, 3.63) is 22.8 Å². The van der Waals surface area contributed by atoms with Gasteiger partial charge in [-0.15, -0.1) is 0 Å². The van der Waals surface area contributed by atoms with E-state index in [0.29, 0.717) is 23.5 Å². The van der Waals surface area contributed by atoms with Crippen LogP contribution in [0.15, 0.2) is 22.8 Å². The van der Waals surface area contributed by atoms with Gasteiger partial charge in [0, 0.05) is 24.2 Å². The van der Waals surface area contributed by atoms with Gasteiger partial charge in [0.1, 0.15) is 5.78 Å². The zero-order valence-corrected chi connectivity index (χ0v) is 15.6. The molecule has 0 N–H and O–H groups in total. The molecule has 5 rings (SSSR count). The van der Waals surface area contributed by atoms with Crippen LogP contribution in [-0.2, 0) is 14.3 Å². The minimum Gasteiger partial charge on any atom is -0.347 e. The average Bonchev–Trinajstić information content (AvgIpc) is 3.17. The Kier molecular flexibility index (Phi) is 3.60. The summed E-state index contributed by atoms with van der Waals surface area (Å²) in [7, 11) is 0. The molecule has 1 aliphatic heterocycles. The number of rotatable bonds is 1. The van der Waals surface area contributed by atoms with E-state index in [-0.39, 0.29) is 11.2 Å². The van der Waals surface area contributed by atoms with Crippen molar-refractivity contribution in [3.63, 3.8) is 0 Å². The third kappa shape index (κ3) is 2.21. The standard InChI is InChI=1S/C22H30O3/c1-3-14-12-19-18-5-4-15-13-22(24-10-11-25-22)9-7-16(15)17(18)6-8-21(19,2)20(14)23/h6,14,18-19H,3-5,7-13H2,1-2H3/t14-,18-,19+,21+/m1/s1. The van der Waals surface area contributed by atoms with Gasteiger partial charge in [0.05, 0.1) is 13.2 Å². The van der Waals surface area contributed by atoms with Crippen molar-refractivity contribution in [2.24, 2.45) is 23.2 Å². The molecule has 4 atom stereocenters.